The van der Waals surface area contributed by atoms with E-state index in [1.165, 1.54) is 11.0 Å². The van der Waals surface area contributed by atoms with Crippen molar-refractivity contribution in [3.63, 3.8) is 0 Å². The smallest absolute Gasteiger partial charge is 0.290 e. The number of benzene rings is 2. The van der Waals surface area contributed by atoms with Crippen molar-refractivity contribution in [2.45, 2.75) is 25.9 Å². The molecule has 1 aliphatic heterocycles. The molecule has 1 saturated heterocycles. The van der Waals surface area contributed by atoms with Crippen LogP contribution in [0.25, 0.3) is 11.0 Å². The van der Waals surface area contributed by atoms with Gasteiger partial charge in [-0.2, -0.15) is 0 Å². The molecule has 1 amide bonds. The van der Waals surface area contributed by atoms with Gasteiger partial charge in [0.25, 0.3) is 5.91 Å². The highest BCUT2D eigenvalue weighted by Gasteiger charge is 2.37. The maximum atomic E-state index is 14.2. The average molecular weight is 401 g/mol. The van der Waals surface area contributed by atoms with Gasteiger partial charge in [0, 0.05) is 29.1 Å². The highest BCUT2D eigenvalue weighted by Crippen LogP contribution is 2.29. The minimum absolute atomic E-state index is 0.0117. The lowest BCUT2D eigenvalue weighted by Crippen LogP contribution is -2.41. The third-order valence-corrected chi connectivity index (χ3v) is 7.00. The number of aryl methyl sites for hydroxylation is 1. The molecule has 0 bridgehead atoms. The highest BCUT2D eigenvalue weighted by molar-refractivity contribution is 7.91. The molecule has 0 saturated carbocycles. The Bertz CT molecular complexity index is 1150. The predicted molar refractivity (Wildman–Crippen MR) is 104 cm³/mol. The van der Waals surface area contributed by atoms with Crippen LogP contribution in [0, 0.1) is 12.7 Å². The molecular weight excluding hydrogens is 381 g/mol. The van der Waals surface area contributed by atoms with Crippen LogP contribution >= 0.6 is 0 Å². The maximum Gasteiger partial charge on any atom is 0.290 e. The van der Waals surface area contributed by atoms with Crippen LogP contribution in [-0.2, 0) is 16.4 Å². The zero-order valence-electron chi connectivity index (χ0n) is 15.4. The van der Waals surface area contributed by atoms with Gasteiger partial charge in [0.2, 0.25) is 0 Å². The summed E-state index contributed by atoms with van der Waals surface area (Å²) in [6.07, 6.45) is 0.335. The second kappa shape index (κ2) is 7.05. The number of halogens is 1. The molecular formula is C21H20FNO4S. The number of hydrogen-bond acceptors (Lipinski definition) is 4. The normalized spacial score (nSPS) is 18.4. The third kappa shape index (κ3) is 3.42. The fraction of sp³-hybridized carbons (Fsp3) is 0.286. The molecule has 0 unspecified atom stereocenters. The number of carbonyl (C=O) groups is 1. The van der Waals surface area contributed by atoms with E-state index in [0.29, 0.717) is 23.1 Å². The number of para-hydroxylation sites is 1. The summed E-state index contributed by atoms with van der Waals surface area (Å²) < 4.78 is 44.0. The van der Waals surface area contributed by atoms with Crippen LogP contribution in [-0.4, -0.2) is 36.8 Å². The van der Waals surface area contributed by atoms with Crippen LogP contribution in [0.4, 0.5) is 4.39 Å². The van der Waals surface area contributed by atoms with E-state index in [4.69, 9.17) is 4.42 Å². The standard InChI is InChI=1S/C21H20FNO4S/c1-14-17-7-3-5-9-19(17)27-20(14)21(24)23(16-10-11-28(25,26)13-16)12-15-6-2-4-8-18(15)22/h2-9,16H,10-13H2,1H3/t16-/m1/s1. The number of carbonyl (C=O) groups excluding carboxylic acids is 1. The van der Waals surface area contributed by atoms with Crippen LogP contribution in [0.15, 0.2) is 52.9 Å². The zero-order chi connectivity index (χ0) is 19.9. The van der Waals surface area contributed by atoms with Crippen molar-refractivity contribution < 1.29 is 22.0 Å². The Morgan fingerprint density at radius 2 is 1.89 bits per heavy atom. The number of rotatable bonds is 4. The first kappa shape index (κ1) is 18.7. The quantitative estimate of drug-likeness (QED) is 0.668. The van der Waals surface area contributed by atoms with Gasteiger partial charge in [-0.15, -0.1) is 0 Å². The monoisotopic (exact) mass is 401 g/mol. The number of furan rings is 1. The van der Waals surface area contributed by atoms with Crippen LogP contribution in [0.5, 0.6) is 0 Å². The van der Waals surface area contributed by atoms with Gasteiger partial charge in [-0.3, -0.25) is 4.79 Å². The first-order chi connectivity index (χ1) is 13.4. The van der Waals surface area contributed by atoms with Crippen molar-refractivity contribution in [1.29, 1.82) is 0 Å². The Balaban J connectivity index is 1.74. The maximum absolute atomic E-state index is 14.2. The summed E-state index contributed by atoms with van der Waals surface area (Å²) in [5.41, 5.74) is 1.63. The second-order valence-electron chi connectivity index (χ2n) is 7.13. The largest absolute Gasteiger partial charge is 0.451 e. The molecule has 0 radical (unpaired) electrons. The lowest BCUT2D eigenvalue weighted by atomic mass is 10.1. The summed E-state index contributed by atoms with van der Waals surface area (Å²) in [5, 5.41) is 0.829. The molecule has 4 rings (SSSR count). The van der Waals surface area contributed by atoms with Gasteiger partial charge in [-0.05, 0) is 25.5 Å². The highest BCUT2D eigenvalue weighted by atomic mass is 32.2. The summed E-state index contributed by atoms with van der Waals surface area (Å²) >= 11 is 0. The number of amides is 1. The van der Waals surface area contributed by atoms with Gasteiger partial charge >= 0.3 is 0 Å². The first-order valence-corrected chi connectivity index (χ1v) is 10.9. The summed E-state index contributed by atoms with van der Waals surface area (Å²) in [7, 11) is -3.21. The summed E-state index contributed by atoms with van der Waals surface area (Å²) in [5.74, 6) is -0.770. The molecule has 1 fully saturated rings. The molecule has 1 atom stereocenters. The van der Waals surface area contributed by atoms with E-state index in [1.807, 2.05) is 18.2 Å². The second-order valence-corrected chi connectivity index (χ2v) is 9.36. The van der Waals surface area contributed by atoms with Gasteiger partial charge in [0.1, 0.15) is 11.4 Å². The molecule has 1 aliphatic rings. The van der Waals surface area contributed by atoms with Gasteiger partial charge in [0.15, 0.2) is 15.6 Å². The fourth-order valence-electron chi connectivity index (χ4n) is 3.71. The lowest BCUT2D eigenvalue weighted by molar-refractivity contribution is 0.0647. The van der Waals surface area contributed by atoms with E-state index in [1.54, 1.807) is 31.2 Å². The topological polar surface area (TPSA) is 67.6 Å². The van der Waals surface area contributed by atoms with E-state index in [2.05, 4.69) is 0 Å². The Labute approximate surface area is 162 Å². The number of nitrogens with zero attached hydrogens (tertiary/aromatic N) is 1. The SMILES string of the molecule is Cc1c(C(=O)N(Cc2ccccc2F)[C@@H]2CCS(=O)(=O)C2)oc2ccccc12. The molecule has 7 heteroatoms. The van der Waals surface area contributed by atoms with Gasteiger partial charge in [-0.25, -0.2) is 12.8 Å². The van der Waals surface area contributed by atoms with Crippen LogP contribution < -0.4 is 0 Å². The summed E-state index contributed by atoms with van der Waals surface area (Å²) in [4.78, 5) is 14.8. The molecule has 5 nitrogen and oxygen atoms in total. The predicted octanol–water partition coefficient (Wildman–Crippen LogP) is 3.71. The van der Waals surface area contributed by atoms with Gasteiger partial charge in [0.05, 0.1) is 11.5 Å². The van der Waals surface area contributed by atoms with Crippen LogP contribution in [0.2, 0.25) is 0 Å². The minimum atomic E-state index is -3.21. The third-order valence-electron chi connectivity index (χ3n) is 5.25. The van der Waals surface area contributed by atoms with E-state index in [-0.39, 0.29) is 23.8 Å². The van der Waals surface area contributed by atoms with Crippen molar-refractivity contribution in [3.05, 3.63) is 71.2 Å². The van der Waals surface area contributed by atoms with Crippen molar-refractivity contribution in [2.24, 2.45) is 0 Å². The van der Waals surface area contributed by atoms with E-state index in [0.717, 1.165) is 5.39 Å². The molecule has 0 spiro atoms. The fourth-order valence-corrected chi connectivity index (χ4v) is 5.44. The molecule has 1 aromatic heterocycles. The van der Waals surface area contributed by atoms with Crippen LogP contribution in [0.1, 0.15) is 28.1 Å². The van der Waals surface area contributed by atoms with Crippen molar-refractivity contribution in [1.82, 2.24) is 4.90 Å². The molecule has 0 aliphatic carbocycles. The summed E-state index contributed by atoms with van der Waals surface area (Å²) in [6, 6.07) is 13.0. The van der Waals surface area contributed by atoms with Gasteiger partial charge < -0.3 is 9.32 Å². The molecule has 2 aromatic carbocycles. The Kier molecular flexibility index (Phi) is 4.71. The molecule has 3 aromatic rings. The Hall–Kier alpha value is -2.67. The lowest BCUT2D eigenvalue weighted by Gasteiger charge is -2.28. The van der Waals surface area contributed by atoms with E-state index >= 15 is 0 Å². The Morgan fingerprint density at radius 3 is 2.57 bits per heavy atom. The van der Waals surface area contributed by atoms with E-state index < -0.39 is 27.6 Å². The zero-order valence-corrected chi connectivity index (χ0v) is 16.2. The molecule has 28 heavy (non-hydrogen) atoms. The average Bonchev–Trinajstić information content (AvgIpc) is 3.20. The number of sulfone groups is 1. The van der Waals surface area contributed by atoms with E-state index in [9.17, 15) is 17.6 Å². The van der Waals surface area contributed by atoms with Crippen molar-refractivity contribution in [3.8, 4) is 0 Å². The summed E-state index contributed by atoms with van der Waals surface area (Å²) in [6.45, 7) is 1.79. The first-order valence-electron chi connectivity index (χ1n) is 9.08. The van der Waals surface area contributed by atoms with Gasteiger partial charge in [-0.1, -0.05) is 36.4 Å². The minimum Gasteiger partial charge on any atom is -0.451 e. The molecule has 146 valence electrons. The molecule has 2 heterocycles. The Morgan fingerprint density at radius 1 is 1.18 bits per heavy atom. The van der Waals surface area contributed by atoms with Crippen LogP contribution in [0.3, 0.4) is 0 Å². The number of hydrogen-bond donors (Lipinski definition) is 0. The molecule has 0 N–H and O–H groups in total. The van der Waals surface area contributed by atoms with Crippen molar-refractivity contribution >= 4 is 26.7 Å². The van der Waals surface area contributed by atoms with Crippen molar-refractivity contribution in [2.75, 3.05) is 11.5 Å². The number of fused-ring (bicyclic) bond motifs is 1.